The summed E-state index contributed by atoms with van der Waals surface area (Å²) in [7, 11) is 1.62. The molecule has 0 spiro atoms. The highest BCUT2D eigenvalue weighted by Crippen LogP contribution is 2.41. The molecule has 0 unspecified atom stereocenters. The number of halogens is 1. The Morgan fingerprint density at radius 1 is 1.21 bits per heavy atom. The summed E-state index contributed by atoms with van der Waals surface area (Å²) in [4.78, 5) is 12.9. The Bertz CT molecular complexity index is 902. The first-order valence-electron chi connectivity index (χ1n) is 9.70. The van der Waals surface area contributed by atoms with Gasteiger partial charge in [0.2, 0.25) is 0 Å². The zero-order chi connectivity index (χ0) is 21.3. The van der Waals surface area contributed by atoms with Crippen LogP contribution in [0, 0.1) is 13.8 Å². The summed E-state index contributed by atoms with van der Waals surface area (Å²) in [5.41, 5.74) is 2.35. The van der Waals surface area contributed by atoms with Gasteiger partial charge in [-0.3, -0.25) is 4.79 Å². The number of rotatable bonds is 5. The molecule has 2 aromatic carbocycles. The largest absolute Gasteiger partial charge is 0.497 e. The van der Waals surface area contributed by atoms with E-state index in [0.717, 1.165) is 28.2 Å². The number of methoxy groups -OCH3 is 1. The Hall–Kier alpha value is -2.40. The second-order valence-electron chi connectivity index (χ2n) is 8.16. The van der Waals surface area contributed by atoms with Crippen molar-refractivity contribution in [2.24, 2.45) is 0 Å². The van der Waals surface area contributed by atoms with Crippen molar-refractivity contribution in [1.82, 2.24) is 5.32 Å². The topological polar surface area (TPSA) is 56.8 Å². The number of carbonyl (C=O) groups is 1. The molecule has 0 aliphatic carbocycles. The van der Waals surface area contributed by atoms with Gasteiger partial charge in [0.15, 0.2) is 6.10 Å². The van der Waals surface area contributed by atoms with Gasteiger partial charge in [0.25, 0.3) is 5.91 Å². The minimum atomic E-state index is -0.657. The highest BCUT2D eigenvalue weighted by atomic mass is 35.5. The summed E-state index contributed by atoms with van der Waals surface area (Å²) < 4.78 is 17.3. The molecule has 0 bridgehead atoms. The van der Waals surface area contributed by atoms with Crippen LogP contribution in [0.15, 0.2) is 30.3 Å². The molecule has 0 saturated heterocycles. The number of nitrogens with one attached hydrogen (secondary N) is 1. The second kappa shape index (κ2) is 8.15. The van der Waals surface area contributed by atoms with Crippen molar-refractivity contribution >= 4 is 17.5 Å². The molecule has 5 nitrogen and oxygen atoms in total. The van der Waals surface area contributed by atoms with E-state index in [-0.39, 0.29) is 11.9 Å². The van der Waals surface area contributed by atoms with Crippen molar-refractivity contribution in [3.05, 3.63) is 52.0 Å². The van der Waals surface area contributed by atoms with Gasteiger partial charge in [-0.25, -0.2) is 0 Å². The van der Waals surface area contributed by atoms with E-state index < -0.39 is 11.7 Å². The number of carbonyl (C=O) groups excluding carboxylic acids is 1. The summed E-state index contributed by atoms with van der Waals surface area (Å²) in [6, 6.07) is 9.14. The number of hydrogen-bond donors (Lipinski definition) is 1. The molecule has 0 aromatic heterocycles. The van der Waals surface area contributed by atoms with Crippen molar-refractivity contribution in [3.63, 3.8) is 0 Å². The first-order valence-corrected chi connectivity index (χ1v) is 10.1. The van der Waals surface area contributed by atoms with E-state index in [1.165, 1.54) is 0 Å². The van der Waals surface area contributed by atoms with E-state index in [1.54, 1.807) is 14.0 Å². The van der Waals surface area contributed by atoms with Crippen LogP contribution in [0.4, 0.5) is 0 Å². The molecule has 156 valence electrons. The molecule has 1 aliphatic heterocycles. The number of aryl methyl sites for hydroxylation is 2. The smallest absolute Gasteiger partial charge is 0.261 e. The highest BCUT2D eigenvalue weighted by molar-refractivity contribution is 6.32. The second-order valence-corrected chi connectivity index (χ2v) is 8.54. The fourth-order valence-electron chi connectivity index (χ4n) is 3.61. The number of ether oxygens (including phenoxy) is 3. The average molecular weight is 418 g/mol. The van der Waals surface area contributed by atoms with Crippen LogP contribution in [0.3, 0.4) is 0 Å². The first kappa shape index (κ1) is 21.3. The van der Waals surface area contributed by atoms with Gasteiger partial charge >= 0.3 is 0 Å². The normalized spacial score (nSPS) is 18.2. The van der Waals surface area contributed by atoms with Gasteiger partial charge in [-0.15, -0.1) is 0 Å². The number of amides is 1. The predicted molar refractivity (Wildman–Crippen MR) is 114 cm³/mol. The van der Waals surface area contributed by atoms with Crippen molar-refractivity contribution in [1.29, 1.82) is 0 Å². The standard InChI is InChI=1S/C23H28ClNO4/c1-13-9-17(10-14(2)21(13)24)28-15(3)22(26)25-19-12-23(4,5)29-20-8-7-16(27-6)11-18(19)20/h7-11,15,19H,12H2,1-6H3,(H,25,26)/t15-,19+/m0/s1. The molecule has 0 saturated carbocycles. The third-order valence-electron chi connectivity index (χ3n) is 5.08. The molecule has 0 radical (unpaired) electrons. The van der Waals surface area contributed by atoms with Crippen molar-refractivity contribution in [2.45, 2.75) is 58.8 Å². The quantitative estimate of drug-likeness (QED) is 0.730. The SMILES string of the molecule is COc1ccc2c(c1)[C@H](NC(=O)[C@H](C)Oc1cc(C)c(Cl)c(C)c1)CC(C)(C)O2. The molecule has 1 amide bonds. The van der Waals surface area contributed by atoms with Gasteiger partial charge < -0.3 is 19.5 Å². The fraction of sp³-hybridized carbons (Fsp3) is 0.435. The maximum atomic E-state index is 12.9. The van der Waals surface area contributed by atoms with Gasteiger partial charge in [-0.1, -0.05) is 11.6 Å². The molecule has 0 fully saturated rings. The zero-order valence-corrected chi connectivity index (χ0v) is 18.5. The molecule has 2 aromatic rings. The lowest BCUT2D eigenvalue weighted by atomic mass is 9.89. The lowest BCUT2D eigenvalue weighted by Gasteiger charge is -2.38. The molecule has 1 N–H and O–H groups in total. The van der Waals surface area contributed by atoms with Crippen LogP contribution in [0.25, 0.3) is 0 Å². The van der Waals surface area contributed by atoms with Crippen LogP contribution in [0.1, 0.15) is 49.9 Å². The summed E-state index contributed by atoms with van der Waals surface area (Å²) in [5, 5.41) is 3.83. The molecular weight excluding hydrogens is 390 g/mol. The van der Waals surface area contributed by atoms with E-state index in [1.807, 2.05) is 58.0 Å². The fourth-order valence-corrected chi connectivity index (χ4v) is 3.72. The van der Waals surface area contributed by atoms with Crippen molar-refractivity contribution < 1.29 is 19.0 Å². The van der Waals surface area contributed by atoms with Crippen molar-refractivity contribution in [2.75, 3.05) is 7.11 Å². The Balaban J connectivity index is 1.77. The number of benzene rings is 2. The third kappa shape index (κ3) is 4.78. The molecule has 3 rings (SSSR count). The molecule has 6 heteroatoms. The van der Waals surface area contributed by atoms with E-state index in [0.29, 0.717) is 17.2 Å². The number of fused-ring (bicyclic) bond motifs is 1. The van der Waals surface area contributed by atoms with Crippen LogP contribution < -0.4 is 19.5 Å². The van der Waals surface area contributed by atoms with E-state index in [4.69, 9.17) is 25.8 Å². The summed E-state index contributed by atoms with van der Waals surface area (Å²) in [6.45, 7) is 9.60. The van der Waals surface area contributed by atoms with Crippen molar-refractivity contribution in [3.8, 4) is 17.2 Å². The first-order chi connectivity index (χ1) is 13.6. The molecule has 1 aliphatic rings. The Labute approximate surface area is 177 Å². The monoisotopic (exact) mass is 417 g/mol. The minimum Gasteiger partial charge on any atom is -0.497 e. The van der Waals surface area contributed by atoms with Gasteiger partial charge in [-0.05, 0) is 76.1 Å². The number of hydrogen-bond acceptors (Lipinski definition) is 4. The average Bonchev–Trinajstić information content (AvgIpc) is 2.64. The van der Waals surface area contributed by atoms with Crippen LogP contribution >= 0.6 is 11.6 Å². The van der Waals surface area contributed by atoms with Crippen LogP contribution in [0.2, 0.25) is 5.02 Å². The Kier molecular flexibility index (Phi) is 5.99. The lowest BCUT2D eigenvalue weighted by molar-refractivity contribution is -0.128. The Morgan fingerprint density at radius 3 is 2.48 bits per heavy atom. The maximum Gasteiger partial charge on any atom is 0.261 e. The minimum absolute atomic E-state index is 0.188. The van der Waals surface area contributed by atoms with Gasteiger partial charge in [0.1, 0.15) is 22.8 Å². The van der Waals surface area contributed by atoms with E-state index in [9.17, 15) is 4.79 Å². The highest BCUT2D eigenvalue weighted by Gasteiger charge is 2.35. The Morgan fingerprint density at radius 2 is 1.86 bits per heavy atom. The van der Waals surface area contributed by atoms with E-state index >= 15 is 0 Å². The van der Waals surface area contributed by atoms with Gasteiger partial charge in [-0.2, -0.15) is 0 Å². The summed E-state index contributed by atoms with van der Waals surface area (Å²) in [5.74, 6) is 1.92. The van der Waals surface area contributed by atoms with Crippen LogP contribution in [0.5, 0.6) is 17.2 Å². The van der Waals surface area contributed by atoms with Crippen LogP contribution in [-0.4, -0.2) is 24.7 Å². The maximum absolute atomic E-state index is 12.9. The molecule has 2 atom stereocenters. The molecule has 1 heterocycles. The molecule has 29 heavy (non-hydrogen) atoms. The summed E-state index contributed by atoms with van der Waals surface area (Å²) in [6.07, 6.45) is -0.0138. The van der Waals surface area contributed by atoms with Crippen LogP contribution in [-0.2, 0) is 4.79 Å². The van der Waals surface area contributed by atoms with Gasteiger partial charge in [0, 0.05) is 17.0 Å². The molecular formula is C23H28ClNO4. The van der Waals surface area contributed by atoms with E-state index in [2.05, 4.69) is 5.32 Å². The van der Waals surface area contributed by atoms with Gasteiger partial charge in [0.05, 0.1) is 13.2 Å². The zero-order valence-electron chi connectivity index (χ0n) is 17.8. The lowest BCUT2D eigenvalue weighted by Crippen LogP contribution is -2.44. The predicted octanol–water partition coefficient (Wildman–Crippen LogP) is 5.15. The summed E-state index contributed by atoms with van der Waals surface area (Å²) >= 11 is 6.22. The third-order valence-corrected chi connectivity index (χ3v) is 5.68.